The first-order chi connectivity index (χ1) is 9.49. The van der Waals surface area contributed by atoms with Gasteiger partial charge in [-0.25, -0.2) is 0 Å². The van der Waals surface area contributed by atoms with E-state index in [4.69, 9.17) is 10.2 Å². The Bertz CT molecular complexity index is 577. The Morgan fingerprint density at radius 1 is 1.40 bits per heavy atom. The highest BCUT2D eigenvalue weighted by molar-refractivity contribution is 5.92. The van der Waals surface area contributed by atoms with Crippen LogP contribution in [-0.4, -0.2) is 17.6 Å². The highest BCUT2D eigenvalue weighted by Gasteiger charge is 2.25. The van der Waals surface area contributed by atoms with E-state index in [0.717, 1.165) is 5.56 Å². The summed E-state index contributed by atoms with van der Waals surface area (Å²) in [5.74, 6) is 0.0605. The zero-order valence-corrected chi connectivity index (χ0v) is 11.3. The van der Waals surface area contributed by atoms with Crippen molar-refractivity contribution in [3.63, 3.8) is 0 Å². The van der Waals surface area contributed by atoms with Gasteiger partial charge in [0.05, 0.1) is 6.26 Å². The lowest BCUT2D eigenvalue weighted by Gasteiger charge is -2.21. The summed E-state index contributed by atoms with van der Waals surface area (Å²) in [6.07, 6.45) is 1.53. The van der Waals surface area contributed by atoms with E-state index in [9.17, 15) is 9.90 Å². The van der Waals surface area contributed by atoms with Gasteiger partial charge >= 0.3 is 0 Å². The molecule has 0 aliphatic heterocycles. The number of aliphatic hydroxyl groups is 1. The van der Waals surface area contributed by atoms with Gasteiger partial charge in [0.2, 0.25) is 5.91 Å². The molecule has 1 aromatic carbocycles. The predicted octanol–water partition coefficient (Wildman–Crippen LogP) is 1.38. The summed E-state index contributed by atoms with van der Waals surface area (Å²) in [5, 5.41) is 13.4. The fraction of sp³-hybridized carbons (Fsp3) is 0.267. The molecule has 20 heavy (non-hydrogen) atoms. The van der Waals surface area contributed by atoms with Gasteiger partial charge in [0, 0.05) is 18.7 Å². The molecule has 5 nitrogen and oxygen atoms in total. The van der Waals surface area contributed by atoms with E-state index in [1.807, 2.05) is 6.07 Å². The van der Waals surface area contributed by atoms with Gasteiger partial charge < -0.3 is 20.6 Å². The lowest BCUT2D eigenvalue weighted by molar-refractivity contribution is 0.0340. The Balaban J connectivity index is 1.93. The smallest absolute Gasteiger partial charge is 0.248 e. The number of carbonyl (C=O) groups excluding carboxylic acids is 1. The van der Waals surface area contributed by atoms with E-state index in [1.54, 1.807) is 37.3 Å². The number of hydrogen-bond acceptors (Lipinski definition) is 4. The molecule has 1 heterocycles. The van der Waals surface area contributed by atoms with Crippen LogP contribution < -0.4 is 11.1 Å². The standard InChI is InChI=1S/C15H18N2O3/c1-15(19,13-6-3-7-20-13)10-17-9-11-4-2-5-12(8-11)14(16)18/h2-8,17,19H,9-10H2,1H3,(H2,16,18). The lowest BCUT2D eigenvalue weighted by atomic mass is 10.0. The van der Waals surface area contributed by atoms with Crippen molar-refractivity contribution in [2.24, 2.45) is 5.73 Å². The van der Waals surface area contributed by atoms with Crippen LogP contribution in [0.4, 0.5) is 0 Å². The highest BCUT2D eigenvalue weighted by atomic mass is 16.4. The van der Waals surface area contributed by atoms with Crippen LogP contribution in [0.25, 0.3) is 0 Å². The molecule has 0 aliphatic carbocycles. The summed E-state index contributed by atoms with van der Waals surface area (Å²) in [4.78, 5) is 11.1. The first-order valence-corrected chi connectivity index (χ1v) is 6.35. The maximum absolute atomic E-state index is 11.1. The summed E-state index contributed by atoms with van der Waals surface area (Å²) in [6.45, 7) is 2.54. The molecule has 0 bridgehead atoms. The fourth-order valence-electron chi connectivity index (χ4n) is 1.96. The molecule has 0 saturated heterocycles. The minimum absolute atomic E-state index is 0.335. The summed E-state index contributed by atoms with van der Waals surface area (Å²) in [6, 6.07) is 10.5. The van der Waals surface area contributed by atoms with Crippen molar-refractivity contribution in [2.75, 3.05) is 6.54 Å². The van der Waals surface area contributed by atoms with Crippen molar-refractivity contribution < 1.29 is 14.3 Å². The number of nitrogens with two attached hydrogens (primary N) is 1. The number of carbonyl (C=O) groups is 1. The number of amides is 1. The van der Waals surface area contributed by atoms with E-state index in [0.29, 0.717) is 24.4 Å². The van der Waals surface area contributed by atoms with Crippen molar-refractivity contribution in [1.29, 1.82) is 0 Å². The minimum Gasteiger partial charge on any atom is -0.466 e. The molecule has 0 saturated carbocycles. The number of primary amides is 1. The Morgan fingerprint density at radius 3 is 2.85 bits per heavy atom. The number of benzene rings is 1. The van der Waals surface area contributed by atoms with Crippen LogP contribution >= 0.6 is 0 Å². The van der Waals surface area contributed by atoms with Crippen molar-refractivity contribution in [3.05, 3.63) is 59.5 Å². The van der Waals surface area contributed by atoms with Gasteiger partial charge in [-0.3, -0.25) is 4.79 Å². The quantitative estimate of drug-likeness (QED) is 0.742. The molecule has 2 aromatic rings. The van der Waals surface area contributed by atoms with Crippen LogP contribution in [0.5, 0.6) is 0 Å². The summed E-state index contributed by atoms with van der Waals surface area (Å²) >= 11 is 0. The van der Waals surface area contributed by atoms with Crippen molar-refractivity contribution >= 4 is 5.91 Å². The zero-order valence-electron chi connectivity index (χ0n) is 11.3. The number of nitrogens with one attached hydrogen (secondary N) is 1. The fourth-order valence-corrected chi connectivity index (χ4v) is 1.96. The molecular formula is C15H18N2O3. The molecule has 1 atom stereocenters. The largest absolute Gasteiger partial charge is 0.466 e. The molecule has 0 fully saturated rings. The Morgan fingerprint density at radius 2 is 2.20 bits per heavy atom. The molecule has 0 radical (unpaired) electrons. The maximum Gasteiger partial charge on any atom is 0.248 e. The first-order valence-electron chi connectivity index (χ1n) is 6.35. The average Bonchev–Trinajstić information content (AvgIpc) is 2.93. The van der Waals surface area contributed by atoms with E-state index in [1.165, 1.54) is 6.26 Å². The lowest BCUT2D eigenvalue weighted by Crippen LogP contribution is -2.34. The molecule has 5 heteroatoms. The molecule has 0 aliphatic rings. The van der Waals surface area contributed by atoms with E-state index in [2.05, 4.69) is 5.32 Å². The van der Waals surface area contributed by atoms with Gasteiger partial charge in [-0.15, -0.1) is 0 Å². The second-order valence-electron chi connectivity index (χ2n) is 4.92. The molecule has 1 amide bonds. The van der Waals surface area contributed by atoms with E-state index in [-0.39, 0.29) is 0 Å². The Labute approximate surface area is 117 Å². The molecule has 2 rings (SSSR count). The van der Waals surface area contributed by atoms with Crippen LogP contribution in [0.15, 0.2) is 47.1 Å². The van der Waals surface area contributed by atoms with E-state index >= 15 is 0 Å². The average molecular weight is 274 g/mol. The molecule has 106 valence electrons. The molecule has 1 aromatic heterocycles. The molecule has 4 N–H and O–H groups in total. The monoisotopic (exact) mass is 274 g/mol. The van der Waals surface area contributed by atoms with Gasteiger partial charge in [0.15, 0.2) is 0 Å². The zero-order chi connectivity index (χ0) is 14.6. The third kappa shape index (κ3) is 3.46. The second-order valence-corrected chi connectivity index (χ2v) is 4.92. The maximum atomic E-state index is 11.1. The molecule has 1 unspecified atom stereocenters. The summed E-state index contributed by atoms with van der Waals surface area (Å²) < 4.78 is 5.20. The number of hydrogen-bond donors (Lipinski definition) is 3. The third-order valence-corrected chi connectivity index (χ3v) is 3.06. The number of rotatable bonds is 6. The van der Waals surface area contributed by atoms with Gasteiger partial charge in [0.25, 0.3) is 0 Å². The van der Waals surface area contributed by atoms with Crippen molar-refractivity contribution in [1.82, 2.24) is 5.32 Å². The van der Waals surface area contributed by atoms with Crippen molar-refractivity contribution in [3.8, 4) is 0 Å². The van der Waals surface area contributed by atoms with Gasteiger partial charge in [-0.2, -0.15) is 0 Å². The van der Waals surface area contributed by atoms with E-state index < -0.39 is 11.5 Å². The van der Waals surface area contributed by atoms with Crippen LogP contribution in [0.2, 0.25) is 0 Å². The highest BCUT2D eigenvalue weighted by Crippen LogP contribution is 2.19. The minimum atomic E-state index is -1.08. The summed E-state index contributed by atoms with van der Waals surface area (Å²) in [5.41, 5.74) is 5.56. The normalized spacial score (nSPS) is 13.9. The molecule has 0 spiro atoms. The van der Waals surface area contributed by atoms with Crippen LogP contribution in [-0.2, 0) is 12.1 Å². The molecular weight excluding hydrogens is 256 g/mol. The first kappa shape index (κ1) is 14.3. The SMILES string of the molecule is CC(O)(CNCc1cccc(C(N)=O)c1)c1ccco1. The van der Waals surface area contributed by atoms with Gasteiger partial charge in [0.1, 0.15) is 11.4 Å². The van der Waals surface area contributed by atoms with Gasteiger partial charge in [-0.1, -0.05) is 12.1 Å². The third-order valence-electron chi connectivity index (χ3n) is 3.06. The Hall–Kier alpha value is -2.11. The van der Waals surface area contributed by atoms with Crippen LogP contribution in [0.3, 0.4) is 0 Å². The number of furan rings is 1. The predicted molar refractivity (Wildman–Crippen MR) is 74.9 cm³/mol. The van der Waals surface area contributed by atoms with Gasteiger partial charge in [-0.05, 0) is 36.8 Å². The van der Waals surface area contributed by atoms with Crippen molar-refractivity contribution in [2.45, 2.75) is 19.1 Å². The Kier molecular flexibility index (Phi) is 4.22. The van der Waals surface area contributed by atoms with Crippen LogP contribution in [0.1, 0.15) is 28.6 Å². The second kappa shape index (κ2) is 5.90. The topological polar surface area (TPSA) is 88.5 Å². The summed E-state index contributed by atoms with van der Waals surface area (Å²) in [7, 11) is 0. The van der Waals surface area contributed by atoms with Crippen LogP contribution in [0, 0.1) is 0 Å².